The number of aliphatic hydroxyl groups excluding tert-OH is 1. The highest BCUT2D eigenvalue weighted by Gasteiger charge is 2.26. The Bertz CT molecular complexity index is 453. The van der Waals surface area contributed by atoms with E-state index >= 15 is 0 Å². The topological polar surface area (TPSA) is 70.5 Å². The van der Waals surface area contributed by atoms with Gasteiger partial charge in [-0.2, -0.15) is 0 Å². The fraction of sp³-hybridized carbons (Fsp3) is 0.714. The van der Waals surface area contributed by atoms with Crippen molar-refractivity contribution in [1.29, 1.82) is 0 Å². The second kappa shape index (κ2) is 6.85. The molecule has 1 fully saturated rings. The fourth-order valence-electron chi connectivity index (χ4n) is 2.39. The number of aromatic nitrogens is 2. The van der Waals surface area contributed by atoms with E-state index < -0.39 is 0 Å². The van der Waals surface area contributed by atoms with Gasteiger partial charge in [-0.1, -0.05) is 6.92 Å². The smallest absolute Gasteiger partial charge is 0.137 e. The molecule has 1 aromatic heterocycles. The molecular formula is C14H24N4O2. The van der Waals surface area contributed by atoms with Crippen molar-refractivity contribution in [2.75, 3.05) is 43.1 Å². The van der Waals surface area contributed by atoms with Crippen molar-refractivity contribution < 1.29 is 9.84 Å². The van der Waals surface area contributed by atoms with Gasteiger partial charge in [0.25, 0.3) is 0 Å². The van der Waals surface area contributed by atoms with Gasteiger partial charge >= 0.3 is 0 Å². The lowest BCUT2D eigenvalue weighted by Gasteiger charge is -2.36. The van der Waals surface area contributed by atoms with E-state index in [0.717, 1.165) is 42.5 Å². The summed E-state index contributed by atoms with van der Waals surface area (Å²) < 4.78 is 5.43. The standard InChI is InChI=1S/C14H24N4O2/c1-4-5-15-13-10(2)14(17-11(3)16-13)18-6-7-20-9-12(18)8-19/h12,19H,4-9H2,1-3H3,(H,15,16,17). The van der Waals surface area contributed by atoms with Crippen molar-refractivity contribution in [2.45, 2.75) is 33.2 Å². The van der Waals surface area contributed by atoms with Crippen LogP contribution >= 0.6 is 0 Å². The summed E-state index contributed by atoms with van der Waals surface area (Å²) >= 11 is 0. The van der Waals surface area contributed by atoms with E-state index in [-0.39, 0.29) is 12.6 Å². The molecule has 1 aromatic rings. The molecule has 2 N–H and O–H groups in total. The second-order valence-corrected chi connectivity index (χ2v) is 5.10. The highest BCUT2D eigenvalue weighted by molar-refractivity contribution is 5.59. The van der Waals surface area contributed by atoms with Gasteiger partial charge in [-0.3, -0.25) is 0 Å². The first kappa shape index (κ1) is 15.0. The summed E-state index contributed by atoms with van der Waals surface area (Å²) in [5, 5.41) is 12.9. The average Bonchev–Trinajstić information content (AvgIpc) is 2.47. The molecule has 2 rings (SSSR count). The van der Waals surface area contributed by atoms with Crippen LogP contribution in [0.5, 0.6) is 0 Å². The summed E-state index contributed by atoms with van der Waals surface area (Å²) in [6, 6.07) is -0.0317. The molecule has 6 heteroatoms. The van der Waals surface area contributed by atoms with Crippen molar-refractivity contribution in [3.8, 4) is 0 Å². The molecule has 112 valence electrons. The maximum Gasteiger partial charge on any atom is 0.137 e. The van der Waals surface area contributed by atoms with Crippen molar-refractivity contribution in [3.63, 3.8) is 0 Å². The zero-order valence-corrected chi connectivity index (χ0v) is 12.5. The molecular weight excluding hydrogens is 256 g/mol. The molecule has 1 saturated heterocycles. The Morgan fingerprint density at radius 3 is 2.90 bits per heavy atom. The predicted octanol–water partition coefficient (Wildman–Crippen LogP) is 1.11. The van der Waals surface area contributed by atoms with Crippen LogP contribution in [0, 0.1) is 13.8 Å². The third-order valence-corrected chi connectivity index (χ3v) is 3.48. The van der Waals surface area contributed by atoms with Gasteiger partial charge in [0.15, 0.2) is 0 Å². The monoisotopic (exact) mass is 280 g/mol. The van der Waals surface area contributed by atoms with Gasteiger partial charge in [0.2, 0.25) is 0 Å². The first-order valence-electron chi connectivity index (χ1n) is 7.21. The van der Waals surface area contributed by atoms with Crippen LogP contribution < -0.4 is 10.2 Å². The number of aliphatic hydroxyl groups is 1. The molecule has 0 bridgehead atoms. The maximum atomic E-state index is 9.51. The van der Waals surface area contributed by atoms with Crippen molar-refractivity contribution in [1.82, 2.24) is 9.97 Å². The molecule has 6 nitrogen and oxygen atoms in total. The van der Waals surface area contributed by atoms with Gasteiger partial charge in [-0.05, 0) is 20.3 Å². The Balaban J connectivity index is 2.31. The lowest BCUT2D eigenvalue weighted by atomic mass is 10.2. The van der Waals surface area contributed by atoms with Gasteiger partial charge < -0.3 is 20.1 Å². The summed E-state index contributed by atoms with van der Waals surface area (Å²) in [6.07, 6.45) is 1.05. The van der Waals surface area contributed by atoms with E-state index in [1.165, 1.54) is 0 Å². The number of nitrogens with zero attached hydrogens (tertiary/aromatic N) is 3. The molecule has 0 aromatic carbocycles. The Labute approximate surface area is 120 Å². The summed E-state index contributed by atoms with van der Waals surface area (Å²) in [5.41, 5.74) is 1.03. The van der Waals surface area contributed by atoms with E-state index in [1.807, 2.05) is 13.8 Å². The number of hydrogen-bond acceptors (Lipinski definition) is 6. The second-order valence-electron chi connectivity index (χ2n) is 5.10. The normalized spacial score (nSPS) is 19.2. The molecule has 1 unspecified atom stereocenters. The number of nitrogens with one attached hydrogen (secondary N) is 1. The summed E-state index contributed by atoms with van der Waals surface area (Å²) in [4.78, 5) is 11.2. The molecule has 20 heavy (non-hydrogen) atoms. The van der Waals surface area contributed by atoms with Crippen molar-refractivity contribution in [2.24, 2.45) is 0 Å². The van der Waals surface area contributed by atoms with Gasteiger partial charge in [-0.25, -0.2) is 9.97 Å². The summed E-state index contributed by atoms with van der Waals surface area (Å²) in [6.45, 7) is 8.96. The molecule has 0 aliphatic carbocycles. The number of aryl methyl sites for hydroxylation is 1. The van der Waals surface area contributed by atoms with Crippen LogP contribution in [-0.2, 0) is 4.74 Å². The van der Waals surface area contributed by atoms with Crippen LogP contribution in [-0.4, -0.2) is 54.0 Å². The van der Waals surface area contributed by atoms with E-state index in [1.54, 1.807) is 0 Å². The van der Waals surface area contributed by atoms with E-state index in [9.17, 15) is 5.11 Å². The van der Waals surface area contributed by atoms with E-state index in [4.69, 9.17) is 4.74 Å². The zero-order chi connectivity index (χ0) is 14.5. The third-order valence-electron chi connectivity index (χ3n) is 3.48. The molecule has 0 saturated carbocycles. The van der Waals surface area contributed by atoms with Crippen LogP contribution in [0.2, 0.25) is 0 Å². The fourth-order valence-corrected chi connectivity index (χ4v) is 2.39. The molecule has 0 amide bonds. The van der Waals surface area contributed by atoms with Crippen LogP contribution in [0.1, 0.15) is 24.7 Å². The first-order valence-corrected chi connectivity index (χ1v) is 7.21. The first-order chi connectivity index (χ1) is 9.67. The Morgan fingerprint density at radius 1 is 1.40 bits per heavy atom. The van der Waals surface area contributed by atoms with Crippen molar-refractivity contribution in [3.05, 3.63) is 11.4 Å². The predicted molar refractivity (Wildman–Crippen MR) is 79.3 cm³/mol. The Kier molecular flexibility index (Phi) is 5.14. The van der Waals surface area contributed by atoms with Gasteiger partial charge in [0, 0.05) is 18.7 Å². The number of rotatable bonds is 5. The molecule has 0 radical (unpaired) electrons. The Hall–Kier alpha value is -1.40. The highest BCUT2D eigenvalue weighted by Crippen LogP contribution is 2.26. The molecule has 1 aliphatic heterocycles. The quantitative estimate of drug-likeness (QED) is 0.842. The van der Waals surface area contributed by atoms with E-state index in [0.29, 0.717) is 13.2 Å². The van der Waals surface area contributed by atoms with Crippen LogP contribution in [0.3, 0.4) is 0 Å². The van der Waals surface area contributed by atoms with E-state index in [2.05, 4.69) is 27.1 Å². The zero-order valence-electron chi connectivity index (χ0n) is 12.5. The minimum absolute atomic E-state index is 0.0317. The molecule has 2 heterocycles. The number of ether oxygens (including phenoxy) is 1. The van der Waals surface area contributed by atoms with Crippen molar-refractivity contribution >= 4 is 11.6 Å². The maximum absolute atomic E-state index is 9.51. The molecule has 1 atom stereocenters. The van der Waals surface area contributed by atoms with Gasteiger partial charge in [-0.15, -0.1) is 0 Å². The number of hydrogen-bond donors (Lipinski definition) is 2. The molecule has 1 aliphatic rings. The number of morpholine rings is 1. The summed E-state index contributed by atoms with van der Waals surface area (Å²) in [5.74, 6) is 2.53. The van der Waals surface area contributed by atoms with Crippen LogP contribution in [0.15, 0.2) is 0 Å². The van der Waals surface area contributed by atoms with Crippen LogP contribution in [0.25, 0.3) is 0 Å². The minimum Gasteiger partial charge on any atom is -0.394 e. The number of anilines is 2. The average molecular weight is 280 g/mol. The van der Waals surface area contributed by atoms with Gasteiger partial charge in [0.1, 0.15) is 17.5 Å². The lowest BCUT2D eigenvalue weighted by molar-refractivity contribution is 0.0722. The lowest BCUT2D eigenvalue weighted by Crippen LogP contribution is -2.48. The minimum atomic E-state index is -0.0317. The SMILES string of the molecule is CCCNc1nc(C)nc(N2CCOCC2CO)c1C. The summed E-state index contributed by atoms with van der Waals surface area (Å²) in [7, 11) is 0. The van der Waals surface area contributed by atoms with Crippen LogP contribution in [0.4, 0.5) is 11.6 Å². The Morgan fingerprint density at radius 2 is 2.20 bits per heavy atom. The van der Waals surface area contributed by atoms with Gasteiger partial charge in [0.05, 0.1) is 25.9 Å². The highest BCUT2D eigenvalue weighted by atomic mass is 16.5. The molecule has 0 spiro atoms. The largest absolute Gasteiger partial charge is 0.394 e. The third kappa shape index (κ3) is 3.19.